The van der Waals surface area contributed by atoms with Crippen molar-refractivity contribution in [2.75, 3.05) is 12.4 Å². The van der Waals surface area contributed by atoms with Gasteiger partial charge in [-0.1, -0.05) is 0 Å². The quantitative estimate of drug-likeness (QED) is 0.832. The summed E-state index contributed by atoms with van der Waals surface area (Å²) in [6.07, 6.45) is 2.17. The molecule has 0 bridgehead atoms. The van der Waals surface area contributed by atoms with E-state index in [9.17, 15) is 4.79 Å². The number of hydrogen-bond donors (Lipinski definition) is 1. The van der Waals surface area contributed by atoms with Gasteiger partial charge < -0.3 is 5.32 Å². The number of halogens is 1. The van der Waals surface area contributed by atoms with E-state index in [4.69, 9.17) is 16.9 Å². The van der Waals surface area contributed by atoms with Crippen LogP contribution in [0.3, 0.4) is 0 Å². The third-order valence-electron chi connectivity index (χ3n) is 3.14. The highest BCUT2D eigenvalue weighted by atomic mass is 35.5. The van der Waals surface area contributed by atoms with Crippen molar-refractivity contribution in [1.29, 1.82) is 5.26 Å². The maximum absolute atomic E-state index is 11.8. The Labute approximate surface area is 105 Å². The summed E-state index contributed by atoms with van der Waals surface area (Å²) in [7, 11) is 0. The molecule has 88 valence electrons. The van der Waals surface area contributed by atoms with Crippen molar-refractivity contribution >= 4 is 17.5 Å². The summed E-state index contributed by atoms with van der Waals surface area (Å²) in [5, 5.41) is 11.5. The molecule has 1 N–H and O–H groups in total. The lowest BCUT2D eigenvalue weighted by molar-refractivity contribution is 0.0946. The average molecular weight is 249 g/mol. The summed E-state index contributed by atoms with van der Waals surface area (Å²) in [4.78, 5) is 11.8. The SMILES string of the molecule is N#Cc1ccc(C(=O)NCC2(CCl)CC2)cc1. The number of nitrogens with one attached hydrogen (secondary N) is 1. The second-order valence-electron chi connectivity index (χ2n) is 4.51. The molecule has 17 heavy (non-hydrogen) atoms. The van der Waals surface area contributed by atoms with Crippen LogP contribution in [-0.2, 0) is 0 Å². The van der Waals surface area contributed by atoms with E-state index >= 15 is 0 Å². The Bertz CT molecular complexity index is 457. The van der Waals surface area contributed by atoms with Crippen LogP contribution in [0.2, 0.25) is 0 Å². The molecule has 1 aromatic carbocycles. The van der Waals surface area contributed by atoms with E-state index in [1.807, 2.05) is 6.07 Å². The lowest BCUT2D eigenvalue weighted by Crippen LogP contribution is -2.30. The van der Waals surface area contributed by atoms with Crippen LogP contribution in [0.5, 0.6) is 0 Å². The van der Waals surface area contributed by atoms with Crippen molar-refractivity contribution in [3.63, 3.8) is 0 Å². The zero-order chi connectivity index (χ0) is 12.3. The van der Waals surface area contributed by atoms with Gasteiger partial charge in [0.2, 0.25) is 0 Å². The van der Waals surface area contributed by atoms with Crippen LogP contribution in [0.4, 0.5) is 0 Å². The predicted octanol–water partition coefficient (Wildman–Crippen LogP) is 2.31. The number of benzene rings is 1. The number of hydrogen-bond acceptors (Lipinski definition) is 2. The van der Waals surface area contributed by atoms with Crippen LogP contribution in [0.1, 0.15) is 28.8 Å². The Hall–Kier alpha value is -1.53. The zero-order valence-corrected chi connectivity index (χ0v) is 10.1. The smallest absolute Gasteiger partial charge is 0.251 e. The maximum atomic E-state index is 11.8. The van der Waals surface area contributed by atoms with Crippen molar-refractivity contribution in [3.8, 4) is 6.07 Å². The third kappa shape index (κ3) is 2.78. The lowest BCUT2D eigenvalue weighted by Gasteiger charge is -2.12. The van der Waals surface area contributed by atoms with Crippen LogP contribution >= 0.6 is 11.6 Å². The fourth-order valence-corrected chi connectivity index (χ4v) is 1.96. The first kappa shape index (κ1) is 11.9. The van der Waals surface area contributed by atoms with Crippen molar-refractivity contribution in [2.45, 2.75) is 12.8 Å². The van der Waals surface area contributed by atoms with Crippen molar-refractivity contribution < 1.29 is 4.79 Å². The zero-order valence-electron chi connectivity index (χ0n) is 9.37. The number of nitrogens with zero attached hydrogens (tertiary/aromatic N) is 1. The second kappa shape index (κ2) is 4.77. The van der Waals surface area contributed by atoms with E-state index in [1.165, 1.54) is 0 Å². The Morgan fingerprint density at radius 1 is 1.41 bits per heavy atom. The average Bonchev–Trinajstić information content (AvgIpc) is 3.17. The minimum absolute atomic E-state index is 0.106. The molecule has 3 nitrogen and oxygen atoms in total. The summed E-state index contributed by atoms with van der Waals surface area (Å²) >= 11 is 5.84. The van der Waals surface area contributed by atoms with Crippen molar-refractivity contribution in [3.05, 3.63) is 35.4 Å². The molecule has 1 amide bonds. The molecule has 0 heterocycles. The van der Waals surface area contributed by atoms with Gasteiger partial charge in [0.05, 0.1) is 11.6 Å². The van der Waals surface area contributed by atoms with Gasteiger partial charge in [-0.15, -0.1) is 11.6 Å². The molecule has 0 radical (unpaired) electrons. The number of nitriles is 1. The van der Waals surface area contributed by atoms with E-state index in [0.29, 0.717) is 23.6 Å². The normalized spacial score (nSPS) is 16.0. The Morgan fingerprint density at radius 3 is 2.53 bits per heavy atom. The van der Waals surface area contributed by atoms with Gasteiger partial charge in [-0.25, -0.2) is 0 Å². The highest BCUT2D eigenvalue weighted by molar-refractivity contribution is 6.18. The van der Waals surface area contributed by atoms with Gasteiger partial charge in [0.1, 0.15) is 0 Å². The molecule has 1 aliphatic rings. The maximum Gasteiger partial charge on any atom is 0.251 e. The highest BCUT2D eigenvalue weighted by Gasteiger charge is 2.41. The fraction of sp³-hybridized carbons (Fsp3) is 0.385. The van der Waals surface area contributed by atoms with Gasteiger partial charge in [0, 0.05) is 23.4 Å². The van der Waals surface area contributed by atoms with E-state index < -0.39 is 0 Å². The molecule has 0 saturated heterocycles. The van der Waals surface area contributed by atoms with E-state index in [-0.39, 0.29) is 11.3 Å². The molecular formula is C13H13ClN2O. The molecule has 0 atom stereocenters. The molecule has 1 saturated carbocycles. The van der Waals surface area contributed by atoms with Gasteiger partial charge in [0.15, 0.2) is 0 Å². The van der Waals surface area contributed by atoms with Crippen molar-refractivity contribution in [2.24, 2.45) is 5.41 Å². The Kier molecular flexibility index (Phi) is 3.35. The third-order valence-corrected chi connectivity index (χ3v) is 3.71. The van der Waals surface area contributed by atoms with Crippen LogP contribution in [0.25, 0.3) is 0 Å². The first-order chi connectivity index (χ1) is 8.19. The summed E-state index contributed by atoms with van der Waals surface area (Å²) in [5.74, 6) is 0.492. The first-order valence-corrected chi connectivity index (χ1v) is 6.07. The summed E-state index contributed by atoms with van der Waals surface area (Å²) < 4.78 is 0. The molecule has 1 fully saturated rings. The second-order valence-corrected chi connectivity index (χ2v) is 4.77. The summed E-state index contributed by atoms with van der Waals surface area (Å²) in [6, 6.07) is 8.63. The molecule has 1 aromatic rings. The number of amides is 1. The molecule has 0 aromatic heterocycles. The largest absolute Gasteiger partial charge is 0.351 e. The molecule has 1 aliphatic carbocycles. The monoisotopic (exact) mass is 248 g/mol. The predicted molar refractivity (Wildman–Crippen MR) is 65.9 cm³/mol. The Morgan fingerprint density at radius 2 is 2.06 bits per heavy atom. The summed E-state index contributed by atoms with van der Waals surface area (Å²) in [5.41, 5.74) is 1.26. The topological polar surface area (TPSA) is 52.9 Å². The molecular weight excluding hydrogens is 236 g/mol. The van der Waals surface area contributed by atoms with Gasteiger partial charge in [-0.3, -0.25) is 4.79 Å². The van der Waals surface area contributed by atoms with Gasteiger partial charge in [-0.05, 0) is 37.1 Å². The summed E-state index contributed by atoms with van der Waals surface area (Å²) in [6.45, 7) is 0.634. The number of carbonyl (C=O) groups excluding carboxylic acids is 1. The number of carbonyl (C=O) groups is 1. The van der Waals surface area contributed by atoms with Crippen LogP contribution < -0.4 is 5.32 Å². The van der Waals surface area contributed by atoms with Crippen LogP contribution in [-0.4, -0.2) is 18.3 Å². The molecule has 0 aliphatic heterocycles. The molecule has 2 rings (SSSR count). The van der Waals surface area contributed by atoms with E-state index in [1.54, 1.807) is 24.3 Å². The minimum Gasteiger partial charge on any atom is -0.351 e. The van der Waals surface area contributed by atoms with Crippen LogP contribution in [0.15, 0.2) is 24.3 Å². The van der Waals surface area contributed by atoms with Crippen molar-refractivity contribution in [1.82, 2.24) is 5.32 Å². The lowest BCUT2D eigenvalue weighted by atomic mass is 10.1. The van der Waals surface area contributed by atoms with Gasteiger partial charge in [-0.2, -0.15) is 5.26 Å². The fourth-order valence-electron chi connectivity index (χ4n) is 1.60. The number of alkyl halides is 1. The van der Waals surface area contributed by atoms with Gasteiger partial charge >= 0.3 is 0 Å². The molecule has 0 unspecified atom stereocenters. The van der Waals surface area contributed by atoms with Gasteiger partial charge in [0.25, 0.3) is 5.91 Å². The van der Waals surface area contributed by atoms with E-state index in [0.717, 1.165) is 12.8 Å². The van der Waals surface area contributed by atoms with E-state index in [2.05, 4.69) is 5.32 Å². The highest BCUT2D eigenvalue weighted by Crippen LogP contribution is 2.45. The minimum atomic E-state index is -0.106. The standard InChI is InChI=1S/C13H13ClN2O/c14-8-13(5-6-13)9-16-12(17)11-3-1-10(7-15)2-4-11/h1-4H,5-6,8-9H2,(H,16,17). The van der Waals surface area contributed by atoms with Crippen LogP contribution in [0, 0.1) is 16.7 Å². The number of rotatable bonds is 4. The first-order valence-electron chi connectivity index (χ1n) is 5.53. The Balaban J connectivity index is 1.93. The molecule has 4 heteroatoms. The molecule has 0 spiro atoms.